The molecule has 0 spiro atoms. The van der Waals surface area contributed by atoms with Gasteiger partial charge in [0.15, 0.2) is 0 Å². The van der Waals surface area contributed by atoms with Crippen molar-refractivity contribution in [1.29, 1.82) is 0 Å². The van der Waals surface area contributed by atoms with Gasteiger partial charge in [0.1, 0.15) is 5.82 Å². The fourth-order valence-electron chi connectivity index (χ4n) is 3.57. The average Bonchev–Trinajstić information content (AvgIpc) is 3.64. The Morgan fingerprint density at radius 2 is 1.87 bits per heavy atom. The molecule has 4 aromatic rings. The Labute approximate surface area is 174 Å². The van der Waals surface area contributed by atoms with Gasteiger partial charge in [-0.25, -0.2) is 15.0 Å². The number of pyridine rings is 2. The van der Waals surface area contributed by atoms with Gasteiger partial charge in [-0.1, -0.05) is 24.3 Å². The molecule has 0 atom stereocenters. The molecule has 6 nitrogen and oxygen atoms in total. The van der Waals surface area contributed by atoms with Crippen molar-refractivity contribution >= 4 is 16.8 Å². The predicted octanol–water partition coefficient (Wildman–Crippen LogP) is 4.24. The molecule has 1 aliphatic rings. The molecular weight excluding hydrogens is 374 g/mol. The monoisotopic (exact) mass is 395 g/mol. The maximum atomic E-state index is 13.3. The van der Waals surface area contributed by atoms with Crippen LogP contribution < -0.4 is 0 Å². The zero-order chi connectivity index (χ0) is 20.5. The van der Waals surface area contributed by atoms with Crippen molar-refractivity contribution in [3.05, 3.63) is 84.2 Å². The third-order valence-electron chi connectivity index (χ3n) is 5.35. The number of aromatic nitrogens is 4. The summed E-state index contributed by atoms with van der Waals surface area (Å²) in [6, 6.07) is 13.4. The summed E-state index contributed by atoms with van der Waals surface area (Å²) in [5.74, 6) is 1.34. The van der Waals surface area contributed by atoms with Crippen LogP contribution >= 0.6 is 0 Å². The summed E-state index contributed by atoms with van der Waals surface area (Å²) in [6.45, 7) is 0.484. The third kappa shape index (κ3) is 3.64. The van der Waals surface area contributed by atoms with Crippen LogP contribution in [0.2, 0.25) is 0 Å². The van der Waals surface area contributed by atoms with Crippen molar-refractivity contribution in [2.24, 2.45) is 0 Å². The second-order valence-electron chi connectivity index (χ2n) is 7.70. The van der Waals surface area contributed by atoms with Gasteiger partial charge < -0.3 is 4.90 Å². The Morgan fingerprint density at radius 1 is 1.07 bits per heavy atom. The van der Waals surface area contributed by atoms with E-state index in [0.29, 0.717) is 23.7 Å². The maximum Gasteiger partial charge on any atom is 0.254 e. The molecule has 0 bridgehead atoms. The number of para-hydroxylation sites is 1. The van der Waals surface area contributed by atoms with E-state index in [4.69, 9.17) is 4.98 Å². The van der Waals surface area contributed by atoms with E-state index in [1.165, 1.54) is 0 Å². The fraction of sp³-hybridized carbons (Fsp3) is 0.208. The second kappa shape index (κ2) is 7.63. The number of nitrogens with zero attached hydrogens (tertiary/aromatic N) is 5. The number of fused-ring (bicyclic) bond motifs is 1. The molecule has 3 heterocycles. The number of rotatable bonds is 5. The van der Waals surface area contributed by atoms with Crippen molar-refractivity contribution in [2.75, 3.05) is 7.05 Å². The van der Waals surface area contributed by atoms with E-state index in [-0.39, 0.29) is 5.91 Å². The first-order valence-corrected chi connectivity index (χ1v) is 10.1. The van der Waals surface area contributed by atoms with Crippen molar-refractivity contribution < 1.29 is 4.79 Å². The molecule has 1 aliphatic carbocycles. The lowest BCUT2D eigenvalue weighted by Gasteiger charge is -2.19. The molecule has 5 rings (SSSR count). The van der Waals surface area contributed by atoms with Crippen molar-refractivity contribution in [1.82, 2.24) is 24.8 Å². The molecule has 1 aromatic carbocycles. The number of carbonyl (C=O) groups excluding carboxylic acids is 1. The summed E-state index contributed by atoms with van der Waals surface area (Å²) in [6.07, 6.45) is 9.45. The number of benzene rings is 1. The molecule has 0 aliphatic heterocycles. The van der Waals surface area contributed by atoms with E-state index in [9.17, 15) is 4.79 Å². The van der Waals surface area contributed by atoms with E-state index < -0.39 is 0 Å². The van der Waals surface area contributed by atoms with Crippen LogP contribution in [0, 0.1) is 0 Å². The summed E-state index contributed by atoms with van der Waals surface area (Å²) < 4.78 is 0. The van der Waals surface area contributed by atoms with Gasteiger partial charge in [0, 0.05) is 55.2 Å². The van der Waals surface area contributed by atoms with Crippen LogP contribution in [0.4, 0.5) is 0 Å². The first kappa shape index (κ1) is 18.4. The molecule has 0 saturated heterocycles. The molecule has 30 heavy (non-hydrogen) atoms. The number of hydrogen-bond donors (Lipinski definition) is 0. The van der Waals surface area contributed by atoms with Gasteiger partial charge in [0.25, 0.3) is 5.91 Å². The van der Waals surface area contributed by atoms with Gasteiger partial charge in [0.2, 0.25) is 0 Å². The molecule has 3 aromatic heterocycles. The molecule has 148 valence electrons. The quantitative estimate of drug-likeness (QED) is 0.505. The highest BCUT2D eigenvalue weighted by Gasteiger charge is 2.26. The van der Waals surface area contributed by atoms with Crippen molar-refractivity contribution in [2.45, 2.75) is 25.3 Å². The first-order valence-electron chi connectivity index (χ1n) is 10.1. The van der Waals surface area contributed by atoms with E-state index in [0.717, 1.165) is 40.7 Å². The highest BCUT2D eigenvalue weighted by atomic mass is 16.2. The summed E-state index contributed by atoms with van der Waals surface area (Å²) in [7, 11) is 1.80. The zero-order valence-corrected chi connectivity index (χ0v) is 16.7. The first-order chi connectivity index (χ1) is 14.7. The van der Waals surface area contributed by atoms with Gasteiger partial charge in [-0.15, -0.1) is 0 Å². The lowest BCUT2D eigenvalue weighted by Crippen LogP contribution is -2.26. The number of hydrogen-bond acceptors (Lipinski definition) is 5. The minimum Gasteiger partial charge on any atom is -0.337 e. The van der Waals surface area contributed by atoms with E-state index in [1.54, 1.807) is 24.3 Å². The summed E-state index contributed by atoms with van der Waals surface area (Å²) in [4.78, 5) is 33.0. The van der Waals surface area contributed by atoms with Gasteiger partial charge in [0.05, 0.1) is 16.8 Å². The lowest BCUT2D eigenvalue weighted by atomic mass is 10.0. The zero-order valence-electron chi connectivity index (χ0n) is 16.7. The van der Waals surface area contributed by atoms with E-state index in [1.807, 2.05) is 54.9 Å². The molecular formula is C24H21N5O. The topological polar surface area (TPSA) is 71.9 Å². The Balaban J connectivity index is 1.52. The average molecular weight is 395 g/mol. The Hall–Kier alpha value is -3.67. The van der Waals surface area contributed by atoms with Crippen LogP contribution in [0.25, 0.3) is 22.2 Å². The van der Waals surface area contributed by atoms with Gasteiger partial charge in [-0.05, 0) is 36.6 Å². The van der Waals surface area contributed by atoms with Gasteiger partial charge >= 0.3 is 0 Å². The summed E-state index contributed by atoms with van der Waals surface area (Å²) in [5.41, 5.74) is 3.90. The largest absolute Gasteiger partial charge is 0.337 e. The van der Waals surface area contributed by atoms with Crippen LogP contribution in [0.1, 0.15) is 40.5 Å². The number of carbonyl (C=O) groups is 1. The second-order valence-corrected chi connectivity index (χ2v) is 7.70. The molecule has 1 amide bonds. The highest BCUT2D eigenvalue weighted by Crippen LogP contribution is 2.38. The predicted molar refractivity (Wildman–Crippen MR) is 115 cm³/mol. The Kier molecular flexibility index (Phi) is 4.67. The summed E-state index contributed by atoms with van der Waals surface area (Å²) in [5, 5.41) is 0.833. The van der Waals surface area contributed by atoms with Crippen LogP contribution in [0.15, 0.2) is 67.3 Å². The molecule has 0 unspecified atom stereocenters. The Bertz CT molecular complexity index is 1200. The fourth-order valence-corrected chi connectivity index (χ4v) is 3.57. The minimum atomic E-state index is -0.0609. The van der Waals surface area contributed by atoms with Crippen LogP contribution in [0.5, 0.6) is 0 Å². The lowest BCUT2D eigenvalue weighted by molar-refractivity contribution is 0.0787. The molecule has 0 N–H and O–H groups in total. The van der Waals surface area contributed by atoms with Crippen molar-refractivity contribution in [3.63, 3.8) is 0 Å². The van der Waals surface area contributed by atoms with Crippen LogP contribution in [-0.4, -0.2) is 37.8 Å². The van der Waals surface area contributed by atoms with E-state index in [2.05, 4.69) is 15.0 Å². The third-order valence-corrected chi connectivity index (χ3v) is 5.35. The van der Waals surface area contributed by atoms with Gasteiger partial charge in [-0.3, -0.25) is 9.78 Å². The van der Waals surface area contributed by atoms with E-state index >= 15 is 0 Å². The molecule has 6 heteroatoms. The number of amides is 1. The minimum absolute atomic E-state index is 0.0609. The smallest absolute Gasteiger partial charge is 0.254 e. The van der Waals surface area contributed by atoms with Crippen LogP contribution in [-0.2, 0) is 6.54 Å². The maximum absolute atomic E-state index is 13.3. The molecule has 1 fully saturated rings. The highest BCUT2D eigenvalue weighted by molar-refractivity contribution is 6.07. The normalized spacial score (nSPS) is 13.4. The van der Waals surface area contributed by atoms with Crippen LogP contribution in [0.3, 0.4) is 0 Å². The SMILES string of the molecule is CN(Cc1cccnc1)C(=O)c1cc(-c2cnc(C3CC3)nc2)nc2ccccc12. The van der Waals surface area contributed by atoms with Crippen molar-refractivity contribution in [3.8, 4) is 11.3 Å². The standard InChI is InChI=1S/C24H21N5O/c1-29(15-16-5-4-10-25-12-16)24(30)20-11-22(28-21-7-3-2-6-19(20)21)18-13-26-23(27-14-18)17-8-9-17/h2-7,10-14,17H,8-9,15H2,1H3. The Morgan fingerprint density at radius 3 is 2.60 bits per heavy atom. The van der Waals surface area contributed by atoms with Gasteiger partial charge in [-0.2, -0.15) is 0 Å². The summed E-state index contributed by atoms with van der Waals surface area (Å²) >= 11 is 0. The molecule has 0 radical (unpaired) electrons. The molecule has 1 saturated carbocycles.